The summed E-state index contributed by atoms with van der Waals surface area (Å²) in [6, 6.07) is 12.0. The highest BCUT2D eigenvalue weighted by Gasteiger charge is 2.16. The molecule has 0 aromatic heterocycles. The van der Waals surface area contributed by atoms with Crippen LogP contribution >= 0.6 is 23.2 Å². The fourth-order valence-electron chi connectivity index (χ4n) is 2.01. The number of amides is 2. The van der Waals surface area contributed by atoms with Crippen LogP contribution in [0.2, 0.25) is 10.0 Å². The lowest BCUT2D eigenvalue weighted by Gasteiger charge is -2.21. The van der Waals surface area contributed by atoms with Gasteiger partial charge in [-0.2, -0.15) is 0 Å². The summed E-state index contributed by atoms with van der Waals surface area (Å²) in [6.07, 6.45) is 0. The van der Waals surface area contributed by atoms with Crippen LogP contribution in [0, 0.1) is 6.92 Å². The smallest absolute Gasteiger partial charge is 0.244 e. The van der Waals surface area contributed by atoms with Gasteiger partial charge < -0.3 is 10.2 Å². The third-order valence-corrected chi connectivity index (χ3v) is 3.94. The molecule has 0 radical (unpaired) electrons. The number of aryl methyl sites for hydroxylation is 1. The van der Waals surface area contributed by atoms with E-state index < -0.39 is 0 Å². The molecule has 0 aliphatic rings. The molecule has 2 rings (SSSR count). The second-order valence-electron chi connectivity index (χ2n) is 5.09. The van der Waals surface area contributed by atoms with E-state index in [1.54, 1.807) is 36.4 Å². The van der Waals surface area contributed by atoms with E-state index >= 15 is 0 Å². The van der Waals surface area contributed by atoms with Gasteiger partial charge in [0.05, 0.1) is 0 Å². The van der Waals surface area contributed by atoms with Gasteiger partial charge in [0, 0.05) is 28.3 Å². The number of nitrogens with one attached hydrogen (secondary N) is 1. The Morgan fingerprint density at radius 3 is 2.30 bits per heavy atom. The minimum absolute atomic E-state index is 0.0999. The van der Waals surface area contributed by atoms with Gasteiger partial charge in [0.15, 0.2) is 0 Å². The summed E-state index contributed by atoms with van der Waals surface area (Å²) in [6.45, 7) is 3.18. The highest BCUT2D eigenvalue weighted by atomic mass is 35.5. The maximum atomic E-state index is 12.2. The van der Waals surface area contributed by atoms with Gasteiger partial charge >= 0.3 is 0 Å². The van der Waals surface area contributed by atoms with Crippen LogP contribution in [0.25, 0.3) is 0 Å². The lowest BCUT2D eigenvalue weighted by Crippen LogP contribution is -2.36. The first-order valence-corrected chi connectivity index (χ1v) is 7.72. The molecule has 2 aromatic carbocycles. The first kappa shape index (κ1) is 17.3. The van der Waals surface area contributed by atoms with Crippen molar-refractivity contribution >= 4 is 46.4 Å². The van der Waals surface area contributed by atoms with E-state index in [2.05, 4.69) is 5.32 Å². The largest absolute Gasteiger partial charge is 0.325 e. The Kier molecular flexibility index (Phi) is 5.64. The highest BCUT2D eigenvalue weighted by molar-refractivity contribution is 6.31. The molecule has 4 nitrogen and oxygen atoms in total. The predicted octanol–water partition coefficient (Wildman–Crippen LogP) is 4.29. The van der Waals surface area contributed by atoms with Crippen molar-refractivity contribution in [3.63, 3.8) is 0 Å². The van der Waals surface area contributed by atoms with Crippen LogP contribution in [0.3, 0.4) is 0 Å². The molecule has 1 N–H and O–H groups in total. The van der Waals surface area contributed by atoms with Crippen molar-refractivity contribution in [2.24, 2.45) is 0 Å². The molecule has 23 heavy (non-hydrogen) atoms. The molecule has 2 aromatic rings. The topological polar surface area (TPSA) is 49.4 Å². The Morgan fingerprint density at radius 2 is 1.74 bits per heavy atom. The molecule has 2 amide bonds. The molecule has 0 aliphatic carbocycles. The van der Waals surface area contributed by atoms with E-state index in [0.717, 1.165) is 5.56 Å². The lowest BCUT2D eigenvalue weighted by atomic mass is 10.2. The number of hydrogen-bond acceptors (Lipinski definition) is 2. The van der Waals surface area contributed by atoms with E-state index in [-0.39, 0.29) is 18.4 Å². The van der Waals surface area contributed by atoms with Gasteiger partial charge in [0.2, 0.25) is 11.8 Å². The minimum Gasteiger partial charge on any atom is -0.325 e. The second kappa shape index (κ2) is 7.49. The lowest BCUT2D eigenvalue weighted by molar-refractivity contribution is -0.120. The highest BCUT2D eigenvalue weighted by Crippen LogP contribution is 2.23. The Hall–Kier alpha value is -2.04. The standard InChI is InChI=1S/C17H16Cl2N2O2/c1-11-3-8-15(9-16(11)19)21(12(2)22)10-17(23)20-14-6-4-13(18)5-7-14/h3-9H,10H2,1-2H3,(H,20,23). The van der Waals surface area contributed by atoms with Crippen molar-refractivity contribution in [1.29, 1.82) is 0 Å². The zero-order valence-electron chi connectivity index (χ0n) is 12.8. The summed E-state index contributed by atoms with van der Waals surface area (Å²) >= 11 is 11.9. The first-order valence-electron chi connectivity index (χ1n) is 6.96. The number of nitrogens with zero attached hydrogens (tertiary/aromatic N) is 1. The number of rotatable bonds is 4. The number of carbonyl (C=O) groups is 2. The zero-order chi connectivity index (χ0) is 17.0. The van der Waals surface area contributed by atoms with E-state index in [0.29, 0.717) is 21.4 Å². The molecule has 0 bridgehead atoms. The van der Waals surface area contributed by atoms with E-state index in [4.69, 9.17) is 23.2 Å². The summed E-state index contributed by atoms with van der Waals surface area (Å²) in [5.74, 6) is -0.546. The summed E-state index contributed by atoms with van der Waals surface area (Å²) in [7, 11) is 0. The van der Waals surface area contributed by atoms with Gasteiger partial charge in [-0.1, -0.05) is 29.3 Å². The quantitative estimate of drug-likeness (QED) is 0.893. The van der Waals surface area contributed by atoms with Crippen LogP contribution in [-0.2, 0) is 9.59 Å². The van der Waals surface area contributed by atoms with Crippen LogP contribution in [0.4, 0.5) is 11.4 Å². The van der Waals surface area contributed by atoms with E-state index in [9.17, 15) is 9.59 Å². The van der Waals surface area contributed by atoms with Crippen molar-refractivity contribution in [2.75, 3.05) is 16.8 Å². The van der Waals surface area contributed by atoms with Crippen molar-refractivity contribution in [3.8, 4) is 0 Å². The molecule has 0 spiro atoms. The summed E-state index contributed by atoms with van der Waals surface area (Å²) in [5, 5.41) is 3.86. The second-order valence-corrected chi connectivity index (χ2v) is 5.94. The molecule has 0 atom stereocenters. The summed E-state index contributed by atoms with van der Waals surface area (Å²) in [4.78, 5) is 25.4. The summed E-state index contributed by atoms with van der Waals surface area (Å²) < 4.78 is 0. The molecular formula is C17H16Cl2N2O2. The van der Waals surface area contributed by atoms with Gasteiger partial charge in [-0.05, 0) is 48.9 Å². The van der Waals surface area contributed by atoms with Gasteiger partial charge in [-0.3, -0.25) is 9.59 Å². The molecular weight excluding hydrogens is 335 g/mol. The number of hydrogen-bond donors (Lipinski definition) is 1. The molecule has 0 heterocycles. The van der Waals surface area contributed by atoms with Crippen molar-refractivity contribution in [3.05, 3.63) is 58.1 Å². The fourth-order valence-corrected chi connectivity index (χ4v) is 2.31. The van der Waals surface area contributed by atoms with Crippen molar-refractivity contribution in [1.82, 2.24) is 0 Å². The maximum absolute atomic E-state index is 12.2. The van der Waals surface area contributed by atoms with Crippen LogP contribution in [-0.4, -0.2) is 18.4 Å². The predicted molar refractivity (Wildman–Crippen MR) is 94.3 cm³/mol. The van der Waals surface area contributed by atoms with Gasteiger partial charge in [-0.15, -0.1) is 0 Å². The molecule has 0 saturated carbocycles. The minimum atomic E-state index is -0.306. The zero-order valence-corrected chi connectivity index (χ0v) is 14.3. The van der Waals surface area contributed by atoms with Gasteiger partial charge in [-0.25, -0.2) is 0 Å². The third-order valence-electron chi connectivity index (χ3n) is 3.28. The van der Waals surface area contributed by atoms with Crippen LogP contribution in [0.15, 0.2) is 42.5 Å². The van der Waals surface area contributed by atoms with Crippen LogP contribution in [0.1, 0.15) is 12.5 Å². The Labute approximate surface area is 145 Å². The normalized spacial score (nSPS) is 10.3. The Bertz CT molecular complexity index is 730. The third kappa shape index (κ3) is 4.71. The molecule has 0 saturated heterocycles. The van der Waals surface area contributed by atoms with Crippen molar-refractivity contribution in [2.45, 2.75) is 13.8 Å². The Morgan fingerprint density at radius 1 is 1.09 bits per heavy atom. The summed E-state index contributed by atoms with van der Waals surface area (Å²) in [5.41, 5.74) is 2.11. The van der Waals surface area contributed by atoms with Gasteiger partial charge in [0.25, 0.3) is 0 Å². The average molecular weight is 351 g/mol. The monoisotopic (exact) mass is 350 g/mol. The maximum Gasteiger partial charge on any atom is 0.244 e. The number of anilines is 2. The first-order chi connectivity index (χ1) is 10.9. The molecule has 0 unspecified atom stereocenters. The number of benzene rings is 2. The van der Waals surface area contributed by atoms with E-state index in [1.807, 2.05) is 13.0 Å². The van der Waals surface area contributed by atoms with Crippen LogP contribution in [0.5, 0.6) is 0 Å². The Balaban J connectivity index is 2.12. The number of carbonyl (C=O) groups excluding carboxylic acids is 2. The molecule has 120 valence electrons. The number of halogens is 2. The molecule has 0 aliphatic heterocycles. The SMILES string of the molecule is CC(=O)N(CC(=O)Nc1ccc(Cl)cc1)c1ccc(C)c(Cl)c1. The van der Waals surface area contributed by atoms with E-state index in [1.165, 1.54) is 11.8 Å². The molecule has 6 heteroatoms. The average Bonchev–Trinajstić information content (AvgIpc) is 2.50. The fraction of sp³-hybridized carbons (Fsp3) is 0.176. The van der Waals surface area contributed by atoms with Crippen LogP contribution < -0.4 is 10.2 Å². The van der Waals surface area contributed by atoms with Crippen molar-refractivity contribution < 1.29 is 9.59 Å². The molecule has 0 fully saturated rings. The van der Waals surface area contributed by atoms with Gasteiger partial charge in [0.1, 0.15) is 6.54 Å².